The summed E-state index contributed by atoms with van der Waals surface area (Å²) >= 11 is 1.47. The molecule has 3 rings (SSSR count). The van der Waals surface area contributed by atoms with E-state index in [-0.39, 0.29) is 5.56 Å². The first-order valence-electron chi connectivity index (χ1n) is 6.29. The van der Waals surface area contributed by atoms with Crippen LogP contribution in [0.25, 0.3) is 10.2 Å². The van der Waals surface area contributed by atoms with Gasteiger partial charge in [-0.15, -0.1) is 5.10 Å². The van der Waals surface area contributed by atoms with E-state index in [1.807, 2.05) is 35.9 Å². The third-order valence-electron chi connectivity index (χ3n) is 3.05. The van der Waals surface area contributed by atoms with Crippen molar-refractivity contribution in [3.8, 4) is 0 Å². The topological polar surface area (TPSA) is 46.4 Å². The molecule has 0 aliphatic carbocycles. The standard InChI is InChI=1S/C15H12FN3OS/c1-19-12-7-2-3-8-13(12)21-15(19)18-17-14(20)10-5-4-6-11(16)9-10/h2-9H,1H3,(H,17,20)/b18-15+. The molecule has 21 heavy (non-hydrogen) atoms. The summed E-state index contributed by atoms with van der Waals surface area (Å²) in [5.41, 5.74) is 3.73. The van der Waals surface area contributed by atoms with Crippen molar-refractivity contribution in [1.82, 2.24) is 9.99 Å². The Kier molecular flexibility index (Phi) is 3.53. The summed E-state index contributed by atoms with van der Waals surface area (Å²) in [6, 6.07) is 13.4. The second-order valence-electron chi connectivity index (χ2n) is 4.47. The Morgan fingerprint density at radius 3 is 2.81 bits per heavy atom. The maximum absolute atomic E-state index is 13.1. The van der Waals surface area contributed by atoms with E-state index in [9.17, 15) is 9.18 Å². The SMILES string of the molecule is Cn1/c(=N\NC(=O)c2cccc(F)c2)sc2ccccc21. The van der Waals surface area contributed by atoms with Crippen LogP contribution < -0.4 is 10.2 Å². The molecule has 4 nitrogen and oxygen atoms in total. The summed E-state index contributed by atoms with van der Waals surface area (Å²) < 4.78 is 16.1. The van der Waals surface area contributed by atoms with Crippen LogP contribution in [-0.4, -0.2) is 10.5 Å². The molecule has 0 atom stereocenters. The van der Waals surface area contributed by atoms with Crippen molar-refractivity contribution in [2.75, 3.05) is 0 Å². The molecule has 0 bridgehead atoms. The Labute approximate surface area is 124 Å². The first-order chi connectivity index (χ1) is 10.1. The summed E-state index contributed by atoms with van der Waals surface area (Å²) in [6.07, 6.45) is 0. The molecule has 0 saturated heterocycles. The molecule has 0 spiro atoms. The van der Waals surface area contributed by atoms with Gasteiger partial charge in [-0.25, -0.2) is 9.82 Å². The fraction of sp³-hybridized carbons (Fsp3) is 0.0667. The van der Waals surface area contributed by atoms with E-state index in [2.05, 4.69) is 10.5 Å². The number of aryl methyl sites for hydroxylation is 1. The van der Waals surface area contributed by atoms with Gasteiger partial charge in [0.25, 0.3) is 5.91 Å². The molecule has 1 N–H and O–H groups in total. The zero-order chi connectivity index (χ0) is 14.8. The van der Waals surface area contributed by atoms with Crippen molar-refractivity contribution in [2.24, 2.45) is 12.1 Å². The van der Waals surface area contributed by atoms with Crippen LogP contribution in [0.1, 0.15) is 10.4 Å². The van der Waals surface area contributed by atoms with Gasteiger partial charge in [0.2, 0.25) is 4.80 Å². The van der Waals surface area contributed by atoms with Crippen molar-refractivity contribution < 1.29 is 9.18 Å². The van der Waals surface area contributed by atoms with Gasteiger partial charge in [-0.3, -0.25) is 4.79 Å². The van der Waals surface area contributed by atoms with Gasteiger partial charge < -0.3 is 4.57 Å². The number of para-hydroxylation sites is 1. The first-order valence-corrected chi connectivity index (χ1v) is 7.11. The molecule has 0 fully saturated rings. The first kappa shape index (κ1) is 13.5. The molecule has 1 amide bonds. The molecule has 0 aliphatic heterocycles. The second kappa shape index (κ2) is 5.49. The number of hydrogen-bond donors (Lipinski definition) is 1. The van der Waals surface area contributed by atoms with Gasteiger partial charge in [-0.05, 0) is 30.3 Å². The van der Waals surface area contributed by atoms with E-state index in [0.717, 1.165) is 10.2 Å². The van der Waals surface area contributed by atoms with E-state index in [4.69, 9.17) is 0 Å². The van der Waals surface area contributed by atoms with Gasteiger partial charge in [0.05, 0.1) is 10.2 Å². The van der Waals surface area contributed by atoms with Gasteiger partial charge in [0.15, 0.2) is 0 Å². The zero-order valence-corrected chi connectivity index (χ0v) is 12.0. The molecule has 6 heteroatoms. The Balaban J connectivity index is 1.91. The summed E-state index contributed by atoms with van der Waals surface area (Å²) in [4.78, 5) is 12.6. The van der Waals surface area contributed by atoms with Crippen molar-refractivity contribution >= 4 is 27.5 Å². The van der Waals surface area contributed by atoms with Gasteiger partial charge in [0.1, 0.15) is 5.82 Å². The summed E-state index contributed by atoms with van der Waals surface area (Å²) in [5.74, 6) is -0.887. The van der Waals surface area contributed by atoms with Crippen molar-refractivity contribution in [1.29, 1.82) is 0 Å². The van der Waals surface area contributed by atoms with Crippen molar-refractivity contribution in [3.05, 3.63) is 64.7 Å². The lowest BCUT2D eigenvalue weighted by molar-refractivity contribution is 0.0952. The lowest BCUT2D eigenvalue weighted by Crippen LogP contribution is -2.23. The minimum atomic E-state index is -0.449. The van der Waals surface area contributed by atoms with Crippen LogP contribution in [0.3, 0.4) is 0 Å². The van der Waals surface area contributed by atoms with Gasteiger partial charge in [0, 0.05) is 12.6 Å². The van der Waals surface area contributed by atoms with Crippen LogP contribution in [0.15, 0.2) is 53.6 Å². The van der Waals surface area contributed by atoms with E-state index >= 15 is 0 Å². The number of nitrogens with one attached hydrogen (secondary N) is 1. The maximum Gasteiger partial charge on any atom is 0.271 e. The summed E-state index contributed by atoms with van der Waals surface area (Å²) in [7, 11) is 1.88. The smallest absolute Gasteiger partial charge is 0.271 e. The third-order valence-corrected chi connectivity index (χ3v) is 4.17. The molecule has 0 unspecified atom stereocenters. The van der Waals surface area contributed by atoms with Crippen LogP contribution in [0.2, 0.25) is 0 Å². The fourth-order valence-corrected chi connectivity index (χ4v) is 2.96. The highest BCUT2D eigenvalue weighted by atomic mass is 32.1. The average molecular weight is 301 g/mol. The zero-order valence-electron chi connectivity index (χ0n) is 11.2. The number of hydrogen-bond acceptors (Lipinski definition) is 3. The molecular weight excluding hydrogens is 289 g/mol. The molecule has 2 aromatic carbocycles. The quantitative estimate of drug-likeness (QED) is 0.727. The highest BCUT2D eigenvalue weighted by molar-refractivity contribution is 7.16. The molecule has 0 saturated carbocycles. The van der Waals surface area contributed by atoms with Gasteiger partial charge >= 0.3 is 0 Å². The number of amides is 1. The predicted molar refractivity (Wildman–Crippen MR) is 80.2 cm³/mol. The van der Waals surface area contributed by atoms with Gasteiger partial charge in [-0.1, -0.05) is 29.5 Å². The van der Waals surface area contributed by atoms with Crippen LogP contribution in [0.4, 0.5) is 4.39 Å². The predicted octanol–water partition coefficient (Wildman–Crippen LogP) is 2.62. The minimum absolute atomic E-state index is 0.238. The average Bonchev–Trinajstić information content (AvgIpc) is 2.82. The highest BCUT2D eigenvalue weighted by Gasteiger charge is 2.06. The number of rotatable bonds is 2. The van der Waals surface area contributed by atoms with E-state index < -0.39 is 11.7 Å². The Morgan fingerprint density at radius 1 is 1.24 bits per heavy atom. The van der Waals surface area contributed by atoms with Crippen molar-refractivity contribution in [3.63, 3.8) is 0 Å². The number of fused-ring (bicyclic) bond motifs is 1. The van der Waals surface area contributed by atoms with Crippen LogP contribution in [0.5, 0.6) is 0 Å². The number of thiazole rings is 1. The Morgan fingerprint density at radius 2 is 2.05 bits per heavy atom. The number of aromatic nitrogens is 1. The fourth-order valence-electron chi connectivity index (χ4n) is 1.98. The summed E-state index contributed by atoms with van der Waals surface area (Å²) in [5, 5.41) is 4.11. The van der Waals surface area contributed by atoms with Crippen LogP contribution in [-0.2, 0) is 7.05 Å². The normalized spacial score (nSPS) is 11.8. The number of carbonyl (C=O) groups is 1. The van der Waals surface area contributed by atoms with Crippen LogP contribution >= 0.6 is 11.3 Å². The molecule has 1 heterocycles. The van der Waals surface area contributed by atoms with Gasteiger partial charge in [-0.2, -0.15) is 0 Å². The monoisotopic (exact) mass is 301 g/mol. The molecule has 1 aromatic heterocycles. The number of carbonyl (C=O) groups excluding carboxylic acids is 1. The van der Waals surface area contributed by atoms with E-state index in [0.29, 0.717) is 4.80 Å². The van der Waals surface area contributed by atoms with E-state index in [1.54, 1.807) is 6.07 Å². The number of halogens is 1. The molecule has 106 valence electrons. The highest BCUT2D eigenvalue weighted by Crippen LogP contribution is 2.14. The van der Waals surface area contributed by atoms with E-state index in [1.165, 1.54) is 29.5 Å². The largest absolute Gasteiger partial charge is 0.318 e. The molecule has 0 aliphatic rings. The molecular formula is C15H12FN3OS. The Hall–Kier alpha value is -2.47. The lowest BCUT2D eigenvalue weighted by Gasteiger charge is -1.99. The lowest BCUT2D eigenvalue weighted by atomic mass is 10.2. The summed E-state index contributed by atoms with van der Waals surface area (Å²) in [6.45, 7) is 0. The minimum Gasteiger partial charge on any atom is -0.318 e. The Bertz CT molecular complexity index is 882. The maximum atomic E-state index is 13.1. The second-order valence-corrected chi connectivity index (χ2v) is 5.48. The molecule has 0 radical (unpaired) electrons. The van der Waals surface area contributed by atoms with Crippen LogP contribution in [0, 0.1) is 5.82 Å². The van der Waals surface area contributed by atoms with Crippen molar-refractivity contribution in [2.45, 2.75) is 0 Å². The molecule has 3 aromatic rings. The number of benzene rings is 2. The number of nitrogens with zero attached hydrogens (tertiary/aromatic N) is 2. The third kappa shape index (κ3) is 2.71.